The maximum absolute atomic E-state index is 13.0. The van der Waals surface area contributed by atoms with Crippen molar-refractivity contribution >= 4 is 46.6 Å². The van der Waals surface area contributed by atoms with Crippen molar-refractivity contribution in [1.82, 2.24) is 9.97 Å². The first-order chi connectivity index (χ1) is 13.5. The van der Waals surface area contributed by atoms with Crippen LogP contribution in [-0.2, 0) is 9.59 Å². The predicted octanol–water partition coefficient (Wildman–Crippen LogP) is 3.53. The number of anilines is 1. The maximum Gasteiger partial charge on any atom is 0.298 e. The van der Waals surface area contributed by atoms with Gasteiger partial charge in [-0.2, -0.15) is 0 Å². The van der Waals surface area contributed by atoms with Gasteiger partial charge in [-0.25, -0.2) is 9.97 Å². The molecular formula is C19H11Cl2N3O4. The molecule has 3 heterocycles. The fraction of sp³-hybridized carbons (Fsp3) is 0.105. The van der Waals surface area contributed by atoms with E-state index in [9.17, 15) is 14.4 Å². The molecule has 4 rings (SSSR count). The van der Waals surface area contributed by atoms with Gasteiger partial charge in [0.2, 0.25) is 17.5 Å². The molecule has 1 aromatic carbocycles. The predicted molar refractivity (Wildman–Crippen MR) is 100 cm³/mol. The number of aromatic nitrogens is 2. The van der Waals surface area contributed by atoms with Crippen LogP contribution in [0.5, 0.6) is 0 Å². The molecule has 2 unspecified atom stereocenters. The molecule has 1 aliphatic heterocycles. The second kappa shape index (κ2) is 7.18. The van der Waals surface area contributed by atoms with E-state index >= 15 is 0 Å². The SMILES string of the molecule is O=C1C(=O)N(c2ncccn2)C(c2ccc(Cl)c(Cl)c2)C1C(=O)c1ccco1. The first kappa shape index (κ1) is 18.3. The van der Waals surface area contributed by atoms with Crippen LogP contribution in [-0.4, -0.2) is 27.4 Å². The molecule has 140 valence electrons. The van der Waals surface area contributed by atoms with Crippen molar-refractivity contribution in [3.63, 3.8) is 0 Å². The molecule has 1 fully saturated rings. The number of benzene rings is 1. The highest BCUT2D eigenvalue weighted by atomic mass is 35.5. The molecule has 2 aromatic heterocycles. The molecule has 2 atom stereocenters. The minimum absolute atomic E-state index is 0.00617. The van der Waals surface area contributed by atoms with Crippen molar-refractivity contribution in [3.05, 3.63) is 76.4 Å². The highest BCUT2D eigenvalue weighted by molar-refractivity contribution is 6.48. The monoisotopic (exact) mass is 415 g/mol. The quantitative estimate of drug-likeness (QED) is 0.367. The number of hydrogen-bond donors (Lipinski definition) is 0. The van der Waals surface area contributed by atoms with Crippen LogP contribution in [0.4, 0.5) is 5.95 Å². The van der Waals surface area contributed by atoms with Gasteiger partial charge in [-0.3, -0.25) is 19.3 Å². The first-order valence-electron chi connectivity index (χ1n) is 8.16. The van der Waals surface area contributed by atoms with Gasteiger partial charge in [0, 0.05) is 12.4 Å². The molecule has 28 heavy (non-hydrogen) atoms. The fourth-order valence-corrected chi connectivity index (χ4v) is 3.48. The van der Waals surface area contributed by atoms with Crippen LogP contribution >= 0.6 is 23.2 Å². The van der Waals surface area contributed by atoms with Gasteiger partial charge >= 0.3 is 0 Å². The summed E-state index contributed by atoms with van der Waals surface area (Å²) in [6.45, 7) is 0. The lowest BCUT2D eigenvalue weighted by Gasteiger charge is -2.25. The Labute approximate surface area is 168 Å². The van der Waals surface area contributed by atoms with Gasteiger partial charge < -0.3 is 4.42 Å². The molecule has 1 aliphatic rings. The van der Waals surface area contributed by atoms with E-state index in [0.29, 0.717) is 10.6 Å². The summed E-state index contributed by atoms with van der Waals surface area (Å²) in [5.74, 6) is -3.71. The zero-order valence-electron chi connectivity index (χ0n) is 14.1. The van der Waals surface area contributed by atoms with Crippen LogP contribution < -0.4 is 4.90 Å². The van der Waals surface area contributed by atoms with Gasteiger partial charge in [-0.1, -0.05) is 29.3 Å². The number of hydrogen-bond acceptors (Lipinski definition) is 6. The maximum atomic E-state index is 13.0. The highest BCUT2D eigenvalue weighted by Crippen LogP contribution is 2.41. The lowest BCUT2D eigenvalue weighted by Crippen LogP contribution is -2.32. The second-order valence-corrected chi connectivity index (χ2v) is 6.84. The minimum atomic E-state index is -1.33. The Morgan fingerprint density at radius 1 is 1.04 bits per heavy atom. The molecule has 3 aromatic rings. The lowest BCUT2D eigenvalue weighted by atomic mass is 9.88. The number of Topliss-reactive ketones (excluding diaryl/α,β-unsaturated/α-hetero) is 2. The highest BCUT2D eigenvalue weighted by Gasteiger charge is 2.53. The third-order valence-electron chi connectivity index (χ3n) is 4.41. The summed E-state index contributed by atoms with van der Waals surface area (Å²) in [4.78, 5) is 47.8. The van der Waals surface area contributed by atoms with Crippen LogP contribution in [0.25, 0.3) is 0 Å². The third kappa shape index (κ3) is 2.98. The number of ketones is 2. The average Bonchev–Trinajstić information content (AvgIpc) is 3.32. The Kier molecular flexibility index (Phi) is 4.70. The normalized spacial score (nSPS) is 19.3. The third-order valence-corrected chi connectivity index (χ3v) is 5.14. The van der Waals surface area contributed by atoms with Crippen LogP contribution in [0.2, 0.25) is 10.0 Å². The van der Waals surface area contributed by atoms with E-state index in [1.807, 2.05) is 0 Å². The van der Waals surface area contributed by atoms with Crippen LogP contribution in [0.3, 0.4) is 0 Å². The molecular weight excluding hydrogens is 405 g/mol. The van der Waals surface area contributed by atoms with Gasteiger partial charge in [0.15, 0.2) is 5.76 Å². The van der Waals surface area contributed by atoms with Crippen molar-refractivity contribution in [3.8, 4) is 0 Å². The summed E-state index contributed by atoms with van der Waals surface area (Å²) >= 11 is 12.1. The molecule has 7 nitrogen and oxygen atoms in total. The zero-order chi connectivity index (χ0) is 19.8. The average molecular weight is 416 g/mol. The van der Waals surface area contributed by atoms with Crippen LogP contribution in [0.1, 0.15) is 22.2 Å². The number of carbonyl (C=O) groups is 3. The van der Waals surface area contributed by atoms with Crippen molar-refractivity contribution in [2.75, 3.05) is 4.90 Å². The topological polar surface area (TPSA) is 93.4 Å². The molecule has 9 heteroatoms. The number of nitrogens with zero attached hydrogens (tertiary/aromatic N) is 3. The summed E-state index contributed by atoms with van der Waals surface area (Å²) in [7, 11) is 0. The van der Waals surface area contributed by atoms with Crippen molar-refractivity contribution in [1.29, 1.82) is 0 Å². The number of amides is 1. The van der Waals surface area contributed by atoms with Crippen LogP contribution in [0.15, 0.2) is 59.5 Å². The van der Waals surface area contributed by atoms with Gasteiger partial charge in [0.25, 0.3) is 5.91 Å². The smallest absolute Gasteiger partial charge is 0.298 e. The summed E-state index contributed by atoms with van der Waals surface area (Å²) in [5, 5.41) is 0.529. The summed E-state index contributed by atoms with van der Waals surface area (Å²) < 4.78 is 5.15. The second-order valence-electron chi connectivity index (χ2n) is 6.03. The molecule has 1 saturated heterocycles. The van der Waals surface area contributed by atoms with Crippen molar-refractivity contribution in [2.45, 2.75) is 6.04 Å². The molecule has 0 spiro atoms. The standard InChI is InChI=1S/C19H11Cl2N3O4/c20-11-5-4-10(9-12(11)21)15-14(16(25)13-3-1-8-28-13)17(26)18(27)24(15)19-22-6-2-7-23-19/h1-9,14-15H. The summed E-state index contributed by atoms with van der Waals surface area (Å²) in [6.07, 6.45) is 4.20. The Hall–Kier alpha value is -3.03. The van der Waals surface area contributed by atoms with E-state index in [0.717, 1.165) is 4.90 Å². The Bertz CT molecular complexity index is 1070. The molecule has 0 radical (unpaired) electrons. The molecule has 0 aliphatic carbocycles. The Balaban J connectivity index is 1.88. The number of furan rings is 1. The number of carbonyl (C=O) groups excluding carboxylic acids is 3. The van der Waals surface area contributed by atoms with Gasteiger partial charge in [-0.15, -0.1) is 0 Å². The molecule has 0 N–H and O–H groups in total. The number of halogens is 2. The summed E-state index contributed by atoms with van der Waals surface area (Å²) in [6, 6.07) is 8.20. The molecule has 0 saturated carbocycles. The minimum Gasteiger partial charge on any atom is -0.461 e. The first-order valence-corrected chi connectivity index (χ1v) is 8.91. The summed E-state index contributed by atoms with van der Waals surface area (Å²) in [5.41, 5.74) is 0.450. The number of rotatable bonds is 4. The zero-order valence-corrected chi connectivity index (χ0v) is 15.6. The van der Waals surface area contributed by atoms with E-state index < -0.39 is 29.4 Å². The van der Waals surface area contributed by atoms with Gasteiger partial charge in [0.05, 0.1) is 22.4 Å². The Morgan fingerprint density at radius 3 is 2.43 bits per heavy atom. The van der Waals surface area contributed by atoms with Crippen molar-refractivity contribution < 1.29 is 18.8 Å². The molecule has 1 amide bonds. The largest absolute Gasteiger partial charge is 0.461 e. The lowest BCUT2D eigenvalue weighted by molar-refractivity contribution is -0.135. The van der Waals surface area contributed by atoms with E-state index in [1.165, 1.54) is 42.9 Å². The van der Waals surface area contributed by atoms with E-state index in [4.69, 9.17) is 27.6 Å². The van der Waals surface area contributed by atoms with Crippen LogP contribution in [0, 0.1) is 5.92 Å². The van der Waals surface area contributed by atoms with E-state index in [2.05, 4.69) is 9.97 Å². The van der Waals surface area contributed by atoms with Crippen molar-refractivity contribution in [2.24, 2.45) is 5.92 Å². The fourth-order valence-electron chi connectivity index (χ4n) is 3.17. The Morgan fingerprint density at radius 2 is 1.79 bits per heavy atom. The van der Waals surface area contributed by atoms with E-state index in [1.54, 1.807) is 12.1 Å². The molecule has 0 bridgehead atoms. The van der Waals surface area contributed by atoms with Gasteiger partial charge in [-0.05, 0) is 35.9 Å². The van der Waals surface area contributed by atoms with E-state index in [-0.39, 0.29) is 16.7 Å². The van der Waals surface area contributed by atoms with Gasteiger partial charge in [0.1, 0.15) is 5.92 Å².